The van der Waals surface area contributed by atoms with Gasteiger partial charge in [0.2, 0.25) is 0 Å². The Labute approximate surface area is 67.9 Å². The fourth-order valence-corrected chi connectivity index (χ4v) is 1.11. The van der Waals surface area contributed by atoms with Crippen LogP contribution in [0.4, 0.5) is 0 Å². The van der Waals surface area contributed by atoms with Crippen LogP contribution in [0.25, 0.3) is 0 Å². The second kappa shape index (κ2) is 4.06. The summed E-state index contributed by atoms with van der Waals surface area (Å²) in [5, 5.41) is 3.27. The van der Waals surface area contributed by atoms with Gasteiger partial charge in [-0.1, -0.05) is 13.0 Å². The molecule has 0 saturated carbocycles. The van der Waals surface area contributed by atoms with Gasteiger partial charge in [-0.2, -0.15) is 0 Å². The first-order chi connectivity index (χ1) is 5.38. The second-order valence-electron chi connectivity index (χ2n) is 2.45. The third kappa shape index (κ3) is 2.00. The van der Waals surface area contributed by atoms with Crippen LogP contribution in [0.1, 0.15) is 20.3 Å². The minimum atomic E-state index is 0.781. The van der Waals surface area contributed by atoms with Crippen LogP contribution in [0.2, 0.25) is 0 Å². The molecule has 1 fully saturated rings. The zero-order valence-corrected chi connectivity index (χ0v) is 7.18. The average Bonchev–Trinajstić information content (AvgIpc) is 2.06. The van der Waals surface area contributed by atoms with Gasteiger partial charge in [-0.25, -0.2) is 0 Å². The van der Waals surface area contributed by atoms with Crippen molar-refractivity contribution in [3.05, 3.63) is 23.6 Å². The number of ether oxygens (including phenoxy) is 1. The first-order valence-electron chi connectivity index (χ1n) is 4.12. The Morgan fingerprint density at radius 3 is 3.09 bits per heavy atom. The number of allylic oxidation sites excluding steroid dienone is 2. The Bertz CT molecular complexity index is 182. The van der Waals surface area contributed by atoms with Crippen molar-refractivity contribution in [1.82, 2.24) is 5.32 Å². The Kier molecular flexibility index (Phi) is 3.02. The van der Waals surface area contributed by atoms with Crippen molar-refractivity contribution in [2.45, 2.75) is 20.3 Å². The number of morpholine rings is 1. The summed E-state index contributed by atoms with van der Waals surface area (Å²) < 4.78 is 5.45. The molecule has 0 spiro atoms. The van der Waals surface area contributed by atoms with Crippen molar-refractivity contribution < 1.29 is 4.74 Å². The molecule has 1 rings (SSSR count). The molecule has 2 nitrogen and oxygen atoms in total. The average molecular weight is 153 g/mol. The first-order valence-corrected chi connectivity index (χ1v) is 4.12. The maximum atomic E-state index is 5.45. The van der Waals surface area contributed by atoms with E-state index in [2.05, 4.69) is 18.3 Å². The largest absolute Gasteiger partial charge is 0.490 e. The molecular weight excluding hydrogens is 138 g/mol. The van der Waals surface area contributed by atoms with E-state index < -0.39 is 0 Å². The van der Waals surface area contributed by atoms with Crippen molar-refractivity contribution in [2.75, 3.05) is 13.2 Å². The molecule has 11 heavy (non-hydrogen) atoms. The number of hydrogen-bond donors (Lipinski definition) is 1. The van der Waals surface area contributed by atoms with Gasteiger partial charge in [0.05, 0.1) is 5.70 Å². The Hall–Kier alpha value is -0.920. The highest BCUT2D eigenvalue weighted by Crippen LogP contribution is 2.12. The zero-order chi connectivity index (χ0) is 8.10. The first kappa shape index (κ1) is 8.18. The van der Waals surface area contributed by atoms with Crippen LogP contribution in [0.5, 0.6) is 0 Å². The molecule has 0 unspecified atom stereocenters. The standard InChI is InChI=1S/C9H15NO/c1-3-5-9-8(4-2)10-6-7-11-9/h4-5,10H,3,6-7H2,1-2H3/b8-4+,9-5+. The molecule has 0 bridgehead atoms. The highest BCUT2D eigenvalue weighted by molar-refractivity contribution is 5.24. The minimum Gasteiger partial charge on any atom is -0.490 e. The molecular formula is C9H15NO. The van der Waals surface area contributed by atoms with Crippen molar-refractivity contribution >= 4 is 0 Å². The van der Waals surface area contributed by atoms with Crippen LogP contribution in [-0.4, -0.2) is 13.2 Å². The van der Waals surface area contributed by atoms with E-state index in [1.165, 1.54) is 0 Å². The summed E-state index contributed by atoms with van der Waals surface area (Å²) in [4.78, 5) is 0. The third-order valence-corrected chi connectivity index (χ3v) is 1.62. The van der Waals surface area contributed by atoms with Gasteiger partial charge in [0, 0.05) is 6.54 Å². The molecule has 1 N–H and O–H groups in total. The van der Waals surface area contributed by atoms with Crippen molar-refractivity contribution in [1.29, 1.82) is 0 Å². The van der Waals surface area contributed by atoms with Crippen LogP contribution >= 0.6 is 0 Å². The van der Waals surface area contributed by atoms with Gasteiger partial charge in [-0.3, -0.25) is 0 Å². The fraction of sp³-hybridized carbons (Fsp3) is 0.556. The van der Waals surface area contributed by atoms with Crippen LogP contribution in [0, 0.1) is 0 Å². The van der Waals surface area contributed by atoms with Crippen molar-refractivity contribution in [2.24, 2.45) is 0 Å². The molecule has 1 heterocycles. The summed E-state index contributed by atoms with van der Waals surface area (Å²) in [6.07, 6.45) is 5.16. The van der Waals surface area contributed by atoms with Gasteiger partial charge in [-0.15, -0.1) is 0 Å². The smallest absolute Gasteiger partial charge is 0.138 e. The topological polar surface area (TPSA) is 21.3 Å². The molecule has 0 atom stereocenters. The van der Waals surface area contributed by atoms with Gasteiger partial charge in [0.1, 0.15) is 12.4 Å². The number of rotatable bonds is 1. The van der Waals surface area contributed by atoms with Gasteiger partial charge in [0.25, 0.3) is 0 Å². The molecule has 62 valence electrons. The number of hydrogen-bond acceptors (Lipinski definition) is 2. The number of nitrogens with one attached hydrogen (secondary N) is 1. The molecule has 0 amide bonds. The highest BCUT2D eigenvalue weighted by atomic mass is 16.5. The van der Waals surface area contributed by atoms with Gasteiger partial charge >= 0.3 is 0 Å². The molecule has 1 saturated heterocycles. The molecule has 1 aliphatic rings. The van der Waals surface area contributed by atoms with E-state index in [0.29, 0.717) is 0 Å². The summed E-state index contributed by atoms with van der Waals surface area (Å²) in [6, 6.07) is 0. The summed E-state index contributed by atoms with van der Waals surface area (Å²) in [7, 11) is 0. The third-order valence-electron chi connectivity index (χ3n) is 1.62. The quantitative estimate of drug-likeness (QED) is 0.620. The maximum Gasteiger partial charge on any atom is 0.138 e. The van der Waals surface area contributed by atoms with Gasteiger partial charge in [-0.05, 0) is 19.4 Å². The zero-order valence-electron chi connectivity index (χ0n) is 7.18. The molecule has 0 aromatic heterocycles. The molecule has 2 heteroatoms. The SMILES string of the molecule is C/C=C1/NCCO/C1=C/CC. The fourth-order valence-electron chi connectivity index (χ4n) is 1.11. The Morgan fingerprint density at radius 1 is 1.64 bits per heavy atom. The van der Waals surface area contributed by atoms with Crippen molar-refractivity contribution in [3.8, 4) is 0 Å². The molecule has 0 aliphatic carbocycles. The molecule has 1 aliphatic heterocycles. The summed E-state index contributed by atoms with van der Waals surface area (Å²) in [5.41, 5.74) is 1.12. The van der Waals surface area contributed by atoms with Crippen LogP contribution < -0.4 is 5.32 Å². The maximum absolute atomic E-state index is 5.45. The van der Waals surface area contributed by atoms with Crippen LogP contribution in [-0.2, 0) is 4.74 Å². The van der Waals surface area contributed by atoms with E-state index in [1.807, 2.05) is 13.0 Å². The van der Waals surface area contributed by atoms with E-state index in [1.54, 1.807) is 0 Å². The Morgan fingerprint density at radius 2 is 2.45 bits per heavy atom. The summed E-state index contributed by atoms with van der Waals surface area (Å²) in [6.45, 7) is 5.82. The predicted molar refractivity (Wildman–Crippen MR) is 46.1 cm³/mol. The van der Waals surface area contributed by atoms with E-state index in [4.69, 9.17) is 4.74 Å². The lowest BCUT2D eigenvalue weighted by molar-refractivity contribution is 0.196. The summed E-state index contributed by atoms with van der Waals surface area (Å²) >= 11 is 0. The minimum absolute atomic E-state index is 0.781. The molecule has 0 radical (unpaired) electrons. The molecule has 0 aromatic rings. The Balaban J connectivity index is 2.67. The second-order valence-corrected chi connectivity index (χ2v) is 2.45. The highest BCUT2D eigenvalue weighted by Gasteiger charge is 2.09. The van der Waals surface area contributed by atoms with Crippen LogP contribution in [0.15, 0.2) is 23.6 Å². The lowest BCUT2D eigenvalue weighted by Gasteiger charge is -2.21. The normalized spacial score (nSPS) is 24.9. The predicted octanol–water partition coefficient (Wildman–Crippen LogP) is 1.80. The van der Waals surface area contributed by atoms with Gasteiger partial charge in [0.15, 0.2) is 0 Å². The van der Waals surface area contributed by atoms with Crippen molar-refractivity contribution in [3.63, 3.8) is 0 Å². The monoisotopic (exact) mass is 153 g/mol. The van der Waals surface area contributed by atoms with E-state index in [-0.39, 0.29) is 0 Å². The van der Waals surface area contributed by atoms with Crippen LogP contribution in [0.3, 0.4) is 0 Å². The van der Waals surface area contributed by atoms with E-state index >= 15 is 0 Å². The summed E-state index contributed by atoms with van der Waals surface area (Å²) in [5.74, 6) is 1.00. The van der Waals surface area contributed by atoms with E-state index in [9.17, 15) is 0 Å². The van der Waals surface area contributed by atoms with Gasteiger partial charge < -0.3 is 10.1 Å². The lowest BCUT2D eigenvalue weighted by Crippen LogP contribution is -2.27. The lowest BCUT2D eigenvalue weighted by atomic mass is 10.2. The van der Waals surface area contributed by atoms with E-state index in [0.717, 1.165) is 31.0 Å². The molecule has 0 aromatic carbocycles.